The van der Waals surface area contributed by atoms with Crippen LogP contribution in [0.25, 0.3) is 0 Å². The molecular formula is C8H6N2O2S. The Morgan fingerprint density at radius 3 is 2.85 bits per heavy atom. The number of nitrogens with zero attached hydrogens (tertiary/aromatic N) is 2. The van der Waals surface area contributed by atoms with E-state index in [0.717, 1.165) is 0 Å². The van der Waals surface area contributed by atoms with Crippen molar-refractivity contribution in [2.24, 2.45) is 4.99 Å². The molecule has 13 heavy (non-hydrogen) atoms. The summed E-state index contributed by atoms with van der Waals surface area (Å²) in [4.78, 5) is 13.7. The smallest absolute Gasteiger partial charge is 0.258 e. The summed E-state index contributed by atoms with van der Waals surface area (Å²) in [5.41, 5.74) is 1.10. The van der Waals surface area contributed by atoms with Gasteiger partial charge in [0.25, 0.3) is 5.69 Å². The van der Waals surface area contributed by atoms with Crippen LogP contribution in [0, 0.1) is 17.0 Å². The highest BCUT2D eigenvalue weighted by atomic mass is 32.1. The monoisotopic (exact) mass is 194 g/mol. The standard InChI is InChI=1S/C8H6N2O2S/c1-6-2-3-7(9-5-13)4-8(6)10(11)12/h2-4H,1H3. The molecule has 4 nitrogen and oxygen atoms in total. The Hall–Kier alpha value is -1.58. The second-order valence-electron chi connectivity index (χ2n) is 2.43. The molecule has 1 aromatic carbocycles. The van der Waals surface area contributed by atoms with Gasteiger partial charge < -0.3 is 0 Å². The maximum Gasteiger partial charge on any atom is 0.274 e. The Bertz CT molecular complexity index is 397. The highest BCUT2D eigenvalue weighted by Gasteiger charge is 2.09. The van der Waals surface area contributed by atoms with E-state index in [2.05, 4.69) is 22.4 Å². The van der Waals surface area contributed by atoms with E-state index in [1.165, 1.54) is 6.07 Å². The Kier molecular flexibility index (Phi) is 2.84. The number of rotatable bonds is 2. The maximum absolute atomic E-state index is 10.5. The van der Waals surface area contributed by atoms with Crippen molar-refractivity contribution < 1.29 is 4.92 Å². The number of thiocarbonyl (C=S) groups is 1. The van der Waals surface area contributed by atoms with Crippen molar-refractivity contribution in [1.82, 2.24) is 0 Å². The summed E-state index contributed by atoms with van der Waals surface area (Å²) in [5, 5.41) is 12.7. The molecule has 1 rings (SSSR count). The number of aliphatic imine (C=N–C) groups is 1. The molecule has 5 heteroatoms. The fraction of sp³-hybridized carbons (Fsp3) is 0.125. The van der Waals surface area contributed by atoms with Crippen LogP contribution in [0.5, 0.6) is 0 Å². The molecule has 0 aliphatic carbocycles. The van der Waals surface area contributed by atoms with E-state index in [1.54, 1.807) is 19.1 Å². The number of hydrogen-bond donors (Lipinski definition) is 0. The van der Waals surface area contributed by atoms with E-state index in [1.807, 2.05) is 0 Å². The second-order valence-corrected chi connectivity index (χ2v) is 2.61. The molecule has 0 saturated heterocycles. The third-order valence-electron chi connectivity index (χ3n) is 1.56. The average molecular weight is 194 g/mol. The van der Waals surface area contributed by atoms with E-state index in [-0.39, 0.29) is 5.69 Å². The minimum atomic E-state index is -0.447. The maximum atomic E-state index is 10.5. The van der Waals surface area contributed by atoms with Gasteiger partial charge in [-0.25, -0.2) is 0 Å². The van der Waals surface area contributed by atoms with Gasteiger partial charge in [-0.05, 0) is 25.2 Å². The van der Waals surface area contributed by atoms with Crippen molar-refractivity contribution in [3.63, 3.8) is 0 Å². The average Bonchev–Trinajstić information content (AvgIpc) is 2.08. The minimum absolute atomic E-state index is 0.0477. The van der Waals surface area contributed by atoms with Gasteiger partial charge in [-0.1, -0.05) is 6.07 Å². The third-order valence-corrected chi connectivity index (χ3v) is 1.66. The van der Waals surface area contributed by atoms with Gasteiger partial charge in [-0.2, -0.15) is 4.99 Å². The molecule has 66 valence electrons. The number of benzene rings is 1. The van der Waals surface area contributed by atoms with Gasteiger partial charge in [-0.15, -0.1) is 0 Å². The van der Waals surface area contributed by atoms with E-state index in [9.17, 15) is 10.1 Å². The molecule has 0 fully saturated rings. The lowest BCUT2D eigenvalue weighted by atomic mass is 10.2. The zero-order chi connectivity index (χ0) is 9.84. The van der Waals surface area contributed by atoms with E-state index >= 15 is 0 Å². The van der Waals surface area contributed by atoms with Gasteiger partial charge in [0.1, 0.15) is 0 Å². The first-order valence-electron chi connectivity index (χ1n) is 3.48. The van der Waals surface area contributed by atoms with Crippen molar-refractivity contribution in [2.75, 3.05) is 0 Å². The number of nitro groups is 1. The van der Waals surface area contributed by atoms with E-state index in [4.69, 9.17) is 0 Å². The van der Waals surface area contributed by atoms with Gasteiger partial charge in [0.15, 0.2) is 0 Å². The quantitative estimate of drug-likeness (QED) is 0.315. The first-order valence-corrected chi connectivity index (χ1v) is 3.89. The van der Waals surface area contributed by atoms with Crippen LogP contribution in [0.2, 0.25) is 0 Å². The summed E-state index contributed by atoms with van der Waals surface area (Å²) < 4.78 is 0. The molecule has 0 unspecified atom stereocenters. The number of isothiocyanates is 1. The van der Waals surface area contributed by atoms with Crippen molar-refractivity contribution in [1.29, 1.82) is 0 Å². The summed E-state index contributed by atoms with van der Waals surface area (Å²) in [7, 11) is 0. The lowest BCUT2D eigenvalue weighted by Gasteiger charge is -1.96. The van der Waals surface area contributed by atoms with Gasteiger partial charge in [0.2, 0.25) is 0 Å². The predicted molar refractivity (Wildman–Crippen MR) is 52.5 cm³/mol. The van der Waals surface area contributed by atoms with Crippen LogP contribution in [0.15, 0.2) is 23.2 Å². The van der Waals surface area contributed by atoms with Crippen LogP contribution in [0.4, 0.5) is 11.4 Å². The highest BCUT2D eigenvalue weighted by Crippen LogP contribution is 2.23. The Balaban J connectivity index is 3.26. The van der Waals surface area contributed by atoms with Crippen molar-refractivity contribution in [3.05, 3.63) is 33.9 Å². The summed E-state index contributed by atoms with van der Waals surface area (Å²) in [5.74, 6) is 0. The molecular weight excluding hydrogens is 188 g/mol. The molecule has 0 N–H and O–H groups in total. The van der Waals surface area contributed by atoms with Crippen LogP contribution in [-0.2, 0) is 0 Å². The Morgan fingerprint density at radius 2 is 2.31 bits per heavy atom. The highest BCUT2D eigenvalue weighted by molar-refractivity contribution is 7.78. The largest absolute Gasteiger partial charge is 0.274 e. The number of aryl methyl sites for hydroxylation is 1. The molecule has 0 bridgehead atoms. The first kappa shape index (κ1) is 9.51. The Labute approximate surface area is 80.1 Å². The van der Waals surface area contributed by atoms with Crippen LogP contribution in [-0.4, -0.2) is 10.1 Å². The predicted octanol–water partition coefficient (Wildman–Crippen LogP) is 2.64. The van der Waals surface area contributed by atoms with Crippen molar-refractivity contribution in [3.8, 4) is 0 Å². The molecule has 0 radical (unpaired) electrons. The summed E-state index contributed by atoms with van der Waals surface area (Å²) in [6.07, 6.45) is 0. The lowest BCUT2D eigenvalue weighted by Crippen LogP contribution is -1.90. The lowest BCUT2D eigenvalue weighted by molar-refractivity contribution is -0.385. The molecule has 0 atom stereocenters. The molecule has 0 heterocycles. The van der Waals surface area contributed by atoms with Crippen LogP contribution in [0.1, 0.15) is 5.56 Å². The number of nitro benzene ring substituents is 1. The molecule has 1 aromatic rings. The summed E-state index contributed by atoms with van der Waals surface area (Å²) >= 11 is 4.39. The summed E-state index contributed by atoms with van der Waals surface area (Å²) in [6.45, 7) is 1.67. The second kappa shape index (κ2) is 3.89. The summed E-state index contributed by atoms with van der Waals surface area (Å²) in [6, 6.07) is 4.65. The zero-order valence-corrected chi connectivity index (χ0v) is 7.67. The van der Waals surface area contributed by atoms with Crippen LogP contribution >= 0.6 is 12.2 Å². The zero-order valence-electron chi connectivity index (χ0n) is 6.85. The topological polar surface area (TPSA) is 55.5 Å². The molecule has 0 amide bonds. The van der Waals surface area contributed by atoms with E-state index < -0.39 is 4.92 Å². The van der Waals surface area contributed by atoms with E-state index in [0.29, 0.717) is 11.3 Å². The molecule has 0 saturated carbocycles. The molecule has 0 spiro atoms. The van der Waals surface area contributed by atoms with Gasteiger partial charge in [0.05, 0.1) is 15.8 Å². The normalized spacial score (nSPS) is 9.00. The van der Waals surface area contributed by atoms with Crippen LogP contribution in [0.3, 0.4) is 0 Å². The van der Waals surface area contributed by atoms with Crippen LogP contribution < -0.4 is 0 Å². The fourth-order valence-electron chi connectivity index (χ4n) is 0.917. The first-order chi connectivity index (χ1) is 6.15. The van der Waals surface area contributed by atoms with Gasteiger partial charge in [-0.3, -0.25) is 10.1 Å². The minimum Gasteiger partial charge on any atom is -0.258 e. The number of hydrogen-bond acceptors (Lipinski definition) is 4. The third kappa shape index (κ3) is 2.18. The Morgan fingerprint density at radius 1 is 1.62 bits per heavy atom. The molecule has 0 aromatic heterocycles. The van der Waals surface area contributed by atoms with Crippen molar-refractivity contribution in [2.45, 2.75) is 6.92 Å². The SMILES string of the molecule is Cc1ccc(N=C=S)cc1[N+](=O)[O-]. The molecule has 0 aliphatic heterocycles. The van der Waals surface area contributed by atoms with Gasteiger partial charge >= 0.3 is 0 Å². The van der Waals surface area contributed by atoms with Crippen molar-refractivity contribution >= 4 is 28.8 Å². The fourth-order valence-corrected chi connectivity index (χ4v) is 1.02. The molecule has 0 aliphatic rings. The van der Waals surface area contributed by atoms with Gasteiger partial charge in [0, 0.05) is 11.6 Å².